The van der Waals surface area contributed by atoms with Gasteiger partial charge >= 0.3 is 6.03 Å². The number of hydrogen-bond acceptors (Lipinski definition) is 1. The van der Waals surface area contributed by atoms with Crippen LogP contribution >= 0.6 is 11.6 Å². The van der Waals surface area contributed by atoms with Crippen molar-refractivity contribution in [2.24, 2.45) is 10.8 Å². The molecular formula is C17H23ClN2O. The molecule has 1 saturated heterocycles. The second kappa shape index (κ2) is 4.91. The van der Waals surface area contributed by atoms with Crippen LogP contribution in [0.3, 0.4) is 0 Å². The Morgan fingerprint density at radius 2 is 2.10 bits per heavy atom. The summed E-state index contributed by atoms with van der Waals surface area (Å²) in [5.74, 6) is 0. The molecule has 1 heterocycles. The van der Waals surface area contributed by atoms with Crippen LogP contribution in [0.4, 0.5) is 10.5 Å². The first kappa shape index (κ1) is 14.7. The van der Waals surface area contributed by atoms with Crippen molar-refractivity contribution in [1.82, 2.24) is 4.90 Å². The number of benzene rings is 1. The average molecular weight is 307 g/mol. The molecule has 2 bridgehead atoms. The second-order valence-corrected chi connectivity index (χ2v) is 8.22. The summed E-state index contributed by atoms with van der Waals surface area (Å²) in [6, 6.07) is 7.68. The Morgan fingerprint density at radius 3 is 2.81 bits per heavy atom. The van der Waals surface area contributed by atoms with Gasteiger partial charge in [0.05, 0.1) is 0 Å². The molecule has 2 aliphatic rings. The summed E-state index contributed by atoms with van der Waals surface area (Å²) in [6.07, 6.45) is 3.41. The van der Waals surface area contributed by atoms with Crippen LogP contribution in [0, 0.1) is 10.8 Å². The minimum absolute atomic E-state index is 0.00342. The van der Waals surface area contributed by atoms with Crippen LogP contribution in [-0.2, 0) is 0 Å². The van der Waals surface area contributed by atoms with Crippen LogP contribution < -0.4 is 5.32 Å². The first-order chi connectivity index (χ1) is 9.76. The van der Waals surface area contributed by atoms with E-state index in [0.29, 0.717) is 16.5 Å². The van der Waals surface area contributed by atoms with Gasteiger partial charge in [-0.2, -0.15) is 0 Å². The highest BCUT2D eigenvalue weighted by molar-refractivity contribution is 6.30. The molecule has 0 aromatic heterocycles. The molecule has 0 radical (unpaired) electrons. The molecular weight excluding hydrogens is 284 g/mol. The zero-order valence-electron chi connectivity index (χ0n) is 12.9. The number of anilines is 1. The van der Waals surface area contributed by atoms with Crippen molar-refractivity contribution in [1.29, 1.82) is 0 Å². The van der Waals surface area contributed by atoms with Gasteiger partial charge in [-0.15, -0.1) is 0 Å². The molecule has 2 amide bonds. The van der Waals surface area contributed by atoms with Gasteiger partial charge in [0.2, 0.25) is 0 Å². The summed E-state index contributed by atoms with van der Waals surface area (Å²) in [4.78, 5) is 14.6. The van der Waals surface area contributed by atoms with Gasteiger partial charge in [0, 0.05) is 23.3 Å². The first-order valence-corrected chi connectivity index (χ1v) is 7.97. The molecule has 3 rings (SSSR count). The molecule has 2 fully saturated rings. The predicted octanol–water partition coefficient (Wildman–Crippen LogP) is 4.77. The third-order valence-corrected chi connectivity index (χ3v) is 4.99. The highest BCUT2D eigenvalue weighted by Crippen LogP contribution is 2.52. The Labute approximate surface area is 131 Å². The van der Waals surface area contributed by atoms with Crippen LogP contribution in [0.1, 0.15) is 40.0 Å². The van der Waals surface area contributed by atoms with Gasteiger partial charge in [0.25, 0.3) is 0 Å². The van der Waals surface area contributed by atoms with Gasteiger partial charge in [-0.1, -0.05) is 38.4 Å². The van der Waals surface area contributed by atoms with Crippen molar-refractivity contribution in [2.75, 3.05) is 11.9 Å². The maximum atomic E-state index is 12.6. The molecule has 4 heteroatoms. The van der Waals surface area contributed by atoms with Crippen LogP contribution in [0.15, 0.2) is 24.3 Å². The maximum absolute atomic E-state index is 12.6. The minimum atomic E-state index is 0.00342. The molecule has 114 valence electrons. The van der Waals surface area contributed by atoms with Crippen molar-refractivity contribution in [2.45, 2.75) is 46.1 Å². The number of nitrogens with one attached hydrogen (secondary N) is 1. The summed E-state index contributed by atoms with van der Waals surface area (Å²) in [5, 5.41) is 3.62. The normalized spacial score (nSPS) is 30.3. The van der Waals surface area contributed by atoms with Gasteiger partial charge < -0.3 is 10.2 Å². The quantitative estimate of drug-likeness (QED) is 0.796. The number of likely N-dealkylation sites (tertiary alicyclic amines) is 1. The zero-order chi connectivity index (χ0) is 15.3. The van der Waals surface area contributed by atoms with E-state index in [1.165, 1.54) is 6.42 Å². The Kier molecular flexibility index (Phi) is 3.44. The van der Waals surface area contributed by atoms with Crippen molar-refractivity contribution >= 4 is 23.3 Å². The van der Waals surface area contributed by atoms with Crippen LogP contribution in [0.25, 0.3) is 0 Å². The van der Waals surface area contributed by atoms with E-state index in [2.05, 4.69) is 26.1 Å². The number of halogens is 1. The largest absolute Gasteiger partial charge is 0.322 e. The predicted molar refractivity (Wildman–Crippen MR) is 86.7 cm³/mol. The van der Waals surface area contributed by atoms with Crippen molar-refractivity contribution < 1.29 is 4.79 Å². The lowest BCUT2D eigenvalue weighted by atomic mass is 9.65. The Morgan fingerprint density at radius 1 is 1.33 bits per heavy atom. The van der Waals surface area contributed by atoms with Gasteiger partial charge in [0.1, 0.15) is 0 Å². The first-order valence-electron chi connectivity index (χ1n) is 7.60. The highest BCUT2D eigenvalue weighted by atomic mass is 35.5. The number of carbonyl (C=O) groups is 1. The minimum Gasteiger partial charge on any atom is -0.321 e. The fraction of sp³-hybridized carbons (Fsp3) is 0.588. The van der Waals surface area contributed by atoms with E-state index in [1.54, 1.807) is 6.07 Å². The standard InChI is InChI=1S/C17H23ClN2O/c1-16(2)8-14-9-17(3,10-16)11-20(14)15(21)19-13-6-4-5-12(18)7-13/h4-7,14H,8-11H2,1-3H3,(H,19,21). The zero-order valence-corrected chi connectivity index (χ0v) is 13.7. The summed E-state index contributed by atoms with van der Waals surface area (Å²) in [7, 11) is 0. The van der Waals surface area contributed by atoms with E-state index in [-0.39, 0.29) is 11.4 Å². The summed E-state index contributed by atoms with van der Waals surface area (Å²) in [6.45, 7) is 7.80. The molecule has 0 spiro atoms. The Balaban J connectivity index is 1.74. The third-order valence-electron chi connectivity index (χ3n) is 4.75. The average Bonchev–Trinajstić information content (AvgIpc) is 2.58. The lowest BCUT2D eigenvalue weighted by Crippen LogP contribution is -2.40. The highest BCUT2D eigenvalue weighted by Gasteiger charge is 2.50. The van der Waals surface area contributed by atoms with Crippen LogP contribution in [0.5, 0.6) is 0 Å². The molecule has 1 aliphatic carbocycles. The molecule has 1 N–H and O–H groups in total. The summed E-state index contributed by atoms with van der Waals surface area (Å²) >= 11 is 5.97. The molecule has 1 aromatic rings. The lowest BCUT2D eigenvalue weighted by molar-refractivity contribution is 0.130. The summed E-state index contributed by atoms with van der Waals surface area (Å²) in [5.41, 5.74) is 1.35. The van der Waals surface area contributed by atoms with Gasteiger partial charge in [-0.3, -0.25) is 0 Å². The van der Waals surface area contributed by atoms with E-state index < -0.39 is 0 Å². The van der Waals surface area contributed by atoms with E-state index >= 15 is 0 Å². The number of hydrogen-bond donors (Lipinski definition) is 1. The third kappa shape index (κ3) is 3.03. The number of amides is 2. The Bertz CT molecular complexity index is 572. The van der Waals surface area contributed by atoms with E-state index in [4.69, 9.17) is 11.6 Å². The number of fused-ring (bicyclic) bond motifs is 2. The summed E-state index contributed by atoms with van der Waals surface area (Å²) < 4.78 is 0. The molecule has 3 nitrogen and oxygen atoms in total. The van der Waals surface area contributed by atoms with Crippen molar-refractivity contribution in [3.05, 3.63) is 29.3 Å². The topological polar surface area (TPSA) is 32.3 Å². The second-order valence-electron chi connectivity index (χ2n) is 7.78. The molecule has 2 atom stereocenters. The molecule has 1 aliphatic heterocycles. The molecule has 1 aromatic carbocycles. The van der Waals surface area contributed by atoms with E-state index in [1.807, 2.05) is 23.1 Å². The number of rotatable bonds is 1. The number of urea groups is 1. The van der Waals surface area contributed by atoms with Gasteiger partial charge in [-0.25, -0.2) is 4.79 Å². The van der Waals surface area contributed by atoms with Gasteiger partial charge in [-0.05, 0) is 48.3 Å². The van der Waals surface area contributed by atoms with Crippen molar-refractivity contribution in [3.63, 3.8) is 0 Å². The molecule has 1 saturated carbocycles. The lowest BCUT2D eigenvalue weighted by Gasteiger charge is -2.39. The van der Waals surface area contributed by atoms with Gasteiger partial charge in [0.15, 0.2) is 0 Å². The fourth-order valence-corrected chi connectivity index (χ4v) is 4.65. The van der Waals surface area contributed by atoms with E-state index in [0.717, 1.165) is 25.1 Å². The molecule has 2 unspecified atom stereocenters. The molecule has 21 heavy (non-hydrogen) atoms. The number of nitrogens with zero attached hydrogens (tertiary/aromatic N) is 1. The SMILES string of the molecule is CC1(C)CC2CC(C)(CN2C(=O)Nc2cccc(Cl)c2)C1. The monoisotopic (exact) mass is 306 g/mol. The number of carbonyl (C=O) groups excluding carboxylic acids is 1. The van der Waals surface area contributed by atoms with Crippen LogP contribution in [0.2, 0.25) is 5.02 Å². The fourth-order valence-electron chi connectivity index (χ4n) is 4.46. The maximum Gasteiger partial charge on any atom is 0.322 e. The Hall–Kier alpha value is -1.22. The smallest absolute Gasteiger partial charge is 0.321 e. The van der Waals surface area contributed by atoms with Crippen LogP contribution in [-0.4, -0.2) is 23.5 Å². The van der Waals surface area contributed by atoms with Crippen molar-refractivity contribution in [3.8, 4) is 0 Å². The van der Waals surface area contributed by atoms with E-state index in [9.17, 15) is 4.79 Å².